The summed E-state index contributed by atoms with van der Waals surface area (Å²) in [4.78, 5) is 16.8. The standard InChI is InChI=1S/C25H24BrN3O/c1-2-3-8-22-28-25(30)23(26)24(19-13-14-19)29(22)16-17-9-11-18(12-10-17)21-7-5-4-6-20(21)15-27/h4-7,9-12,19H,2-3,8,13-14,16H2,1H3. The second-order valence-electron chi connectivity index (χ2n) is 7.85. The van der Waals surface area contributed by atoms with Gasteiger partial charge < -0.3 is 4.57 Å². The molecule has 4 nitrogen and oxygen atoms in total. The second kappa shape index (κ2) is 8.97. The van der Waals surface area contributed by atoms with Gasteiger partial charge >= 0.3 is 0 Å². The summed E-state index contributed by atoms with van der Waals surface area (Å²) in [7, 11) is 0. The van der Waals surface area contributed by atoms with Gasteiger partial charge in [0.25, 0.3) is 5.56 Å². The first-order valence-corrected chi connectivity index (χ1v) is 11.3. The van der Waals surface area contributed by atoms with Crippen molar-refractivity contribution in [1.82, 2.24) is 9.55 Å². The Balaban J connectivity index is 1.69. The van der Waals surface area contributed by atoms with Gasteiger partial charge in [-0.1, -0.05) is 55.8 Å². The highest BCUT2D eigenvalue weighted by Crippen LogP contribution is 2.42. The number of unbranched alkanes of at least 4 members (excludes halogenated alkanes) is 1. The van der Waals surface area contributed by atoms with E-state index in [2.05, 4.69) is 62.7 Å². The normalized spacial score (nSPS) is 13.2. The van der Waals surface area contributed by atoms with Gasteiger partial charge in [-0.3, -0.25) is 4.79 Å². The summed E-state index contributed by atoms with van der Waals surface area (Å²) in [5.41, 5.74) is 4.76. The number of hydrogen-bond donors (Lipinski definition) is 0. The smallest absolute Gasteiger partial charge is 0.287 e. The molecule has 1 saturated carbocycles. The SMILES string of the molecule is CCCCc1nc(=O)c(Br)c(C2CC2)n1Cc1ccc(-c2ccccc2C#N)cc1. The number of rotatable bonds is 7. The predicted molar refractivity (Wildman–Crippen MR) is 122 cm³/mol. The third-order valence-electron chi connectivity index (χ3n) is 5.62. The number of hydrogen-bond acceptors (Lipinski definition) is 3. The monoisotopic (exact) mass is 461 g/mol. The lowest BCUT2D eigenvalue weighted by atomic mass is 9.99. The highest BCUT2D eigenvalue weighted by atomic mass is 79.9. The van der Waals surface area contributed by atoms with E-state index in [0.717, 1.165) is 60.3 Å². The molecule has 0 spiro atoms. The summed E-state index contributed by atoms with van der Waals surface area (Å²) >= 11 is 3.52. The van der Waals surface area contributed by atoms with Crippen molar-refractivity contribution in [2.24, 2.45) is 0 Å². The zero-order valence-electron chi connectivity index (χ0n) is 17.1. The fraction of sp³-hybridized carbons (Fsp3) is 0.320. The maximum atomic E-state index is 12.4. The van der Waals surface area contributed by atoms with Gasteiger partial charge in [0.2, 0.25) is 0 Å². The van der Waals surface area contributed by atoms with Crippen molar-refractivity contribution in [3.8, 4) is 17.2 Å². The fourth-order valence-corrected chi connectivity index (χ4v) is 4.48. The molecule has 0 atom stereocenters. The second-order valence-corrected chi connectivity index (χ2v) is 8.64. The van der Waals surface area contributed by atoms with Gasteiger partial charge in [0.05, 0.1) is 11.6 Å². The number of nitrogens with zero attached hydrogens (tertiary/aromatic N) is 3. The van der Waals surface area contributed by atoms with E-state index >= 15 is 0 Å². The number of nitriles is 1. The van der Waals surface area contributed by atoms with E-state index in [9.17, 15) is 10.1 Å². The van der Waals surface area contributed by atoms with Crippen molar-refractivity contribution < 1.29 is 0 Å². The summed E-state index contributed by atoms with van der Waals surface area (Å²) in [5.74, 6) is 1.32. The first-order valence-electron chi connectivity index (χ1n) is 10.5. The minimum absolute atomic E-state index is 0.150. The Labute approximate surface area is 185 Å². The van der Waals surface area contributed by atoms with Crippen molar-refractivity contribution in [1.29, 1.82) is 5.26 Å². The van der Waals surface area contributed by atoms with Crippen LogP contribution >= 0.6 is 15.9 Å². The van der Waals surface area contributed by atoms with Gasteiger partial charge in [0, 0.05) is 24.6 Å². The van der Waals surface area contributed by atoms with Crippen LogP contribution in [-0.2, 0) is 13.0 Å². The Kier molecular flexibility index (Phi) is 6.15. The predicted octanol–water partition coefficient (Wildman–Crippen LogP) is 5.81. The molecule has 4 rings (SSSR count). The molecule has 1 heterocycles. The van der Waals surface area contributed by atoms with Crippen molar-refractivity contribution in [3.05, 3.63) is 86.0 Å². The molecule has 0 radical (unpaired) electrons. The van der Waals surface area contributed by atoms with Crippen molar-refractivity contribution in [3.63, 3.8) is 0 Å². The van der Waals surface area contributed by atoms with E-state index in [1.165, 1.54) is 0 Å². The molecule has 0 saturated heterocycles. The van der Waals surface area contributed by atoms with E-state index in [-0.39, 0.29) is 5.56 Å². The molecule has 0 bridgehead atoms. The quantitative estimate of drug-likeness (QED) is 0.445. The number of halogens is 1. The molecule has 0 amide bonds. The Bertz CT molecular complexity index is 1150. The molecule has 1 aliphatic rings. The third kappa shape index (κ3) is 4.24. The van der Waals surface area contributed by atoms with Crippen molar-refractivity contribution >= 4 is 15.9 Å². The topological polar surface area (TPSA) is 58.7 Å². The van der Waals surface area contributed by atoms with Gasteiger partial charge in [0.1, 0.15) is 10.3 Å². The Morgan fingerprint density at radius 3 is 2.57 bits per heavy atom. The Hall–Kier alpha value is -2.71. The molecular formula is C25H24BrN3O. The first kappa shape index (κ1) is 20.6. The highest BCUT2D eigenvalue weighted by Gasteiger charge is 2.31. The van der Waals surface area contributed by atoms with E-state index in [4.69, 9.17) is 0 Å². The van der Waals surface area contributed by atoms with Crippen LogP contribution in [0.5, 0.6) is 0 Å². The Morgan fingerprint density at radius 1 is 1.17 bits per heavy atom. The molecule has 1 aliphatic carbocycles. The molecule has 152 valence electrons. The van der Waals surface area contributed by atoms with Gasteiger partial charge in [-0.2, -0.15) is 10.2 Å². The maximum absolute atomic E-state index is 12.4. The average Bonchev–Trinajstić information content (AvgIpc) is 3.61. The molecule has 2 aromatic carbocycles. The van der Waals surface area contributed by atoms with Crippen LogP contribution in [0.2, 0.25) is 0 Å². The lowest BCUT2D eigenvalue weighted by Gasteiger charge is -2.19. The van der Waals surface area contributed by atoms with Crippen LogP contribution in [0.25, 0.3) is 11.1 Å². The number of aromatic nitrogens is 2. The summed E-state index contributed by atoms with van der Waals surface area (Å²) in [6.45, 7) is 2.85. The molecule has 0 N–H and O–H groups in total. The van der Waals surface area contributed by atoms with Crippen molar-refractivity contribution in [2.45, 2.75) is 51.5 Å². The van der Waals surface area contributed by atoms with Crippen LogP contribution in [0, 0.1) is 11.3 Å². The summed E-state index contributed by atoms with van der Waals surface area (Å²) in [6, 6.07) is 18.3. The molecular weight excluding hydrogens is 438 g/mol. The highest BCUT2D eigenvalue weighted by molar-refractivity contribution is 9.10. The lowest BCUT2D eigenvalue weighted by Crippen LogP contribution is -2.23. The van der Waals surface area contributed by atoms with E-state index in [1.54, 1.807) is 0 Å². The average molecular weight is 462 g/mol. The maximum Gasteiger partial charge on any atom is 0.287 e. The van der Waals surface area contributed by atoms with E-state index in [1.807, 2.05) is 24.3 Å². The molecule has 0 unspecified atom stereocenters. The molecule has 30 heavy (non-hydrogen) atoms. The fourth-order valence-electron chi connectivity index (χ4n) is 3.86. The molecule has 3 aromatic rings. The zero-order valence-corrected chi connectivity index (χ0v) is 18.7. The van der Waals surface area contributed by atoms with Crippen molar-refractivity contribution in [2.75, 3.05) is 0 Å². The van der Waals surface area contributed by atoms with Crippen LogP contribution < -0.4 is 5.56 Å². The van der Waals surface area contributed by atoms with Gasteiger partial charge in [0.15, 0.2) is 0 Å². The van der Waals surface area contributed by atoms with E-state index < -0.39 is 0 Å². The zero-order chi connectivity index (χ0) is 21.1. The van der Waals surface area contributed by atoms with Crippen LogP contribution in [-0.4, -0.2) is 9.55 Å². The van der Waals surface area contributed by atoms with Crippen LogP contribution in [0.3, 0.4) is 0 Å². The number of aryl methyl sites for hydroxylation is 1. The summed E-state index contributed by atoms with van der Waals surface area (Å²) < 4.78 is 2.86. The summed E-state index contributed by atoms with van der Waals surface area (Å²) in [5, 5.41) is 9.38. The Morgan fingerprint density at radius 2 is 1.90 bits per heavy atom. The van der Waals surface area contributed by atoms with Gasteiger partial charge in [-0.05, 0) is 57.9 Å². The lowest BCUT2D eigenvalue weighted by molar-refractivity contribution is 0.615. The van der Waals surface area contributed by atoms with Crippen LogP contribution in [0.15, 0.2) is 57.8 Å². The third-order valence-corrected chi connectivity index (χ3v) is 6.36. The largest absolute Gasteiger partial charge is 0.327 e. The minimum atomic E-state index is -0.150. The summed E-state index contributed by atoms with van der Waals surface area (Å²) in [6.07, 6.45) is 5.14. The first-order chi connectivity index (χ1) is 14.6. The molecule has 0 aliphatic heterocycles. The van der Waals surface area contributed by atoms with Crippen LogP contribution in [0.4, 0.5) is 0 Å². The van der Waals surface area contributed by atoms with Gasteiger partial charge in [-0.25, -0.2) is 0 Å². The minimum Gasteiger partial charge on any atom is -0.327 e. The van der Waals surface area contributed by atoms with Crippen LogP contribution in [0.1, 0.15) is 61.2 Å². The molecule has 1 aromatic heterocycles. The number of benzene rings is 2. The molecule has 1 fully saturated rings. The molecule has 5 heteroatoms. The van der Waals surface area contributed by atoms with E-state index in [0.29, 0.717) is 22.5 Å². The van der Waals surface area contributed by atoms with Gasteiger partial charge in [-0.15, -0.1) is 0 Å².